The van der Waals surface area contributed by atoms with Crippen LogP contribution in [0.15, 0.2) is 24.3 Å². The van der Waals surface area contributed by atoms with Crippen LogP contribution in [0.25, 0.3) is 0 Å². The van der Waals surface area contributed by atoms with Crippen molar-refractivity contribution >= 4 is 11.6 Å². The molecule has 1 aromatic rings. The Morgan fingerprint density at radius 1 is 1.39 bits per heavy atom. The number of amides is 1. The molecule has 0 aromatic heterocycles. The van der Waals surface area contributed by atoms with E-state index in [1.807, 2.05) is 0 Å². The van der Waals surface area contributed by atoms with Crippen LogP contribution in [0.3, 0.4) is 0 Å². The van der Waals surface area contributed by atoms with Gasteiger partial charge in [-0.2, -0.15) is 0 Å². The molecule has 1 aliphatic heterocycles. The smallest absolute Gasteiger partial charge is 0.256 e. The number of carbonyl (C=O) groups is 1. The third-order valence-corrected chi connectivity index (χ3v) is 2.74. The minimum atomic E-state index is -0.910. The molecule has 0 atom stereocenters. The second-order valence-electron chi connectivity index (χ2n) is 4.79. The maximum Gasteiger partial charge on any atom is 0.256 e. The van der Waals surface area contributed by atoms with Gasteiger partial charge in [-0.25, -0.2) is 0 Å². The molecule has 1 aliphatic rings. The topological polar surface area (TPSA) is 67.8 Å². The molecule has 0 unspecified atom stereocenters. The van der Waals surface area contributed by atoms with Crippen LogP contribution >= 0.6 is 0 Å². The standard InChI is InChI=1S/C13H17NO4/c1-13(2,18-11-7-17-8-11)12(16)14-9-3-5-10(15)6-4-9/h3-6,11,15H,7-8H2,1-2H3,(H,14,16). The fourth-order valence-corrected chi connectivity index (χ4v) is 1.58. The van der Waals surface area contributed by atoms with Gasteiger partial charge in [0, 0.05) is 5.69 Å². The highest BCUT2D eigenvalue weighted by Gasteiger charge is 2.34. The number of nitrogens with one attached hydrogen (secondary N) is 1. The fraction of sp³-hybridized carbons (Fsp3) is 0.462. The van der Waals surface area contributed by atoms with Crippen molar-refractivity contribution in [2.75, 3.05) is 18.5 Å². The molecule has 1 aromatic carbocycles. The molecule has 5 heteroatoms. The lowest BCUT2D eigenvalue weighted by molar-refractivity contribution is -0.186. The number of anilines is 1. The summed E-state index contributed by atoms with van der Waals surface area (Å²) >= 11 is 0. The van der Waals surface area contributed by atoms with Crippen LogP contribution in [0.2, 0.25) is 0 Å². The lowest BCUT2D eigenvalue weighted by Crippen LogP contribution is -2.48. The monoisotopic (exact) mass is 251 g/mol. The van der Waals surface area contributed by atoms with E-state index in [2.05, 4.69) is 5.32 Å². The third kappa shape index (κ3) is 3.00. The Kier molecular flexibility index (Phi) is 3.54. The Morgan fingerprint density at radius 2 is 2.00 bits per heavy atom. The third-order valence-electron chi connectivity index (χ3n) is 2.74. The summed E-state index contributed by atoms with van der Waals surface area (Å²) < 4.78 is 10.7. The second-order valence-corrected chi connectivity index (χ2v) is 4.79. The quantitative estimate of drug-likeness (QED) is 0.796. The average molecular weight is 251 g/mol. The van der Waals surface area contributed by atoms with E-state index in [1.54, 1.807) is 26.0 Å². The van der Waals surface area contributed by atoms with E-state index in [1.165, 1.54) is 12.1 Å². The molecule has 2 N–H and O–H groups in total. The van der Waals surface area contributed by atoms with Crippen molar-refractivity contribution in [2.24, 2.45) is 0 Å². The summed E-state index contributed by atoms with van der Waals surface area (Å²) in [6.07, 6.45) is -0.00873. The zero-order valence-electron chi connectivity index (χ0n) is 10.5. The Labute approximate surface area is 106 Å². The summed E-state index contributed by atoms with van der Waals surface area (Å²) in [4.78, 5) is 12.1. The van der Waals surface area contributed by atoms with E-state index in [4.69, 9.17) is 14.6 Å². The molecule has 18 heavy (non-hydrogen) atoms. The molecular weight excluding hydrogens is 234 g/mol. The van der Waals surface area contributed by atoms with Crippen molar-refractivity contribution in [3.05, 3.63) is 24.3 Å². The van der Waals surface area contributed by atoms with E-state index < -0.39 is 5.60 Å². The lowest BCUT2D eigenvalue weighted by Gasteiger charge is -2.34. The molecule has 0 aliphatic carbocycles. The van der Waals surface area contributed by atoms with Gasteiger partial charge in [-0.1, -0.05) is 0 Å². The van der Waals surface area contributed by atoms with Gasteiger partial charge in [-0.15, -0.1) is 0 Å². The van der Waals surface area contributed by atoms with Crippen molar-refractivity contribution in [2.45, 2.75) is 25.6 Å². The maximum absolute atomic E-state index is 12.1. The number of phenolic OH excluding ortho intramolecular Hbond substituents is 1. The van der Waals surface area contributed by atoms with Gasteiger partial charge in [0.25, 0.3) is 5.91 Å². The maximum atomic E-state index is 12.1. The summed E-state index contributed by atoms with van der Waals surface area (Å²) in [6.45, 7) is 4.52. The summed E-state index contributed by atoms with van der Waals surface area (Å²) in [7, 11) is 0. The Balaban J connectivity index is 1.95. The summed E-state index contributed by atoms with van der Waals surface area (Å²) in [5.41, 5.74) is -0.286. The van der Waals surface area contributed by atoms with Crippen LogP contribution in [0, 0.1) is 0 Å². The highest BCUT2D eigenvalue weighted by Crippen LogP contribution is 2.20. The Hall–Kier alpha value is -1.59. The molecule has 0 spiro atoms. The first kappa shape index (κ1) is 12.9. The van der Waals surface area contributed by atoms with Crippen LogP contribution in [0.5, 0.6) is 5.75 Å². The van der Waals surface area contributed by atoms with E-state index >= 15 is 0 Å². The number of phenols is 1. The number of carbonyl (C=O) groups excluding carboxylic acids is 1. The van der Waals surface area contributed by atoms with Crippen molar-refractivity contribution in [3.8, 4) is 5.75 Å². The first-order chi connectivity index (χ1) is 8.47. The number of benzene rings is 1. The number of hydrogen-bond donors (Lipinski definition) is 2. The molecule has 1 amide bonds. The first-order valence-electron chi connectivity index (χ1n) is 5.83. The van der Waals surface area contributed by atoms with E-state index in [0.29, 0.717) is 18.9 Å². The number of hydrogen-bond acceptors (Lipinski definition) is 4. The van der Waals surface area contributed by atoms with Gasteiger partial charge < -0.3 is 19.9 Å². The molecular formula is C13H17NO4. The number of ether oxygens (including phenoxy) is 2. The molecule has 1 saturated heterocycles. The van der Waals surface area contributed by atoms with Crippen molar-refractivity contribution < 1.29 is 19.4 Å². The molecule has 1 heterocycles. The largest absolute Gasteiger partial charge is 0.508 e. The van der Waals surface area contributed by atoms with Crippen LogP contribution in [0.1, 0.15) is 13.8 Å². The Bertz CT molecular complexity index is 423. The summed E-state index contributed by atoms with van der Waals surface area (Å²) in [6, 6.07) is 6.30. The van der Waals surface area contributed by atoms with Gasteiger partial charge >= 0.3 is 0 Å². The van der Waals surface area contributed by atoms with E-state index in [0.717, 1.165) is 0 Å². The molecule has 5 nitrogen and oxygen atoms in total. The molecule has 0 saturated carbocycles. The lowest BCUT2D eigenvalue weighted by atomic mass is 10.1. The van der Waals surface area contributed by atoms with Crippen molar-refractivity contribution in [1.82, 2.24) is 0 Å². The molecule has 2 rings (SSSR count). The summed E-state index contributed by atoms with van der Waals surface area (Å²) in [5, 5.41) is 11.9. The molecule has 98 valence electrons. The van der Waals surface area contributed by atoms with Gasteiger partial charge in [0.1, 0.15) is 17.5 Å². The van der Waals surface area contributed by atoms with Gasteiger partial charge in [0.05, 0.1) is 13.2 Å². The second kappa shape index (κ2) is 4.96. The van der Waals surface area contributed by atoms with Gasteiger partial charge in [-0.05, 0) is 38.1 Å². The fourth-order valence-electron chi connectivity index (χ4n) is 1.58. The van der Waals surface area contributed by atoms with Crippen molar-refractivity contribution in [3.63, 3.8) is 0 Å². The average Bonchev–Trinajstić information content (AvgIpc) is 2.27. The van der Waals surface area contributed by atoms with Gasteiger partial charge in [0.15, 0.2) is 0 Å². The van der Waals surface area contributed by atoms with Crippen LogP contribution < -0.4 is 5.32 Å². The highest BCUT2D eigenvalue weighted by atomic mass is 16.6. The SMILES string of the molecule is CC(C)(OC1COC1)C(=O)Nc1ccc(O)cc1. The van der Waals surface area contributed by atoms with E-state index in [9.17, 15) is 4.79 Å². The minimum absolute atomic E-state index is 0.00873. The van der Waals surface area contributed by atoms with Crippen LogP contribution in [-0.2, 0) is 14.3 Å². The first-order valence-corrected chi connectivity index (χ1v) is 5.83. The zero-order valence-corrected chi connectivity index (χ0v) is 10.5. The number of rotatable bonds is 4. The molecule has 1 fully saturated rings. The molecule has 0 radical (unpaired) electrons. The Morgan fingerprint density at radius 3 is 2.50 bits per heavy atom. The van der Waals surface area contributed by atoms with Crippen LogP contribution in [0.4, 0.5) is 5.69 Å². The number of aromatic hydroxyl groups is 1. The van der Waals surface area contributed by atoms with Gasteiger partial charge in [0.2, 0.25) is 0 Å². The summed E-state index contributed by atoms with van der Waals surface area (Å²) in [5.74, 6) is -0.0600. The normalized spacial score (nSPS) is 16.1. The van der Waals surface area contributed by atoms with Crippen molar-refractivity contribution in [1.29, 1.82) is 0 Å². The van der Waals surface area contributed by atoms with E-state index in [-0.39, 0.29) is 17.8 Å². The predicted molar refractivity (Wildman–Crippen MR) is 66.5 cm³/mol. The predicted octanol–water partition coefficient (Wildman–Crippen LogP) is 1.52. The molecule has 0 bridgehead atoms. The minimum Gasteiger partial charge on any atom is -0.508 e. The highest BCUT2D eigenvalue weighted by molar-refractivity contribution is 5.96. The zero-order chi connectivity index (χ0) is 13.2. The van der Waals surface area contributed by atoms with Crippen LogP contribution in [-0.4, -0.2) is 35.9 Å². The van der Waals surface area contributed by atoms with Gasteiger partial charge in [-0.3, -0.25) is 4.79 Å².